The lowest BCUT2D eigenvalue weighted by molar-refractivity contribution is -0.0430. The number of aromatic nitrogens is 3. The van der Waals surface area contributed by atoms with E-state index in [2.05, 4.69) is 9.97 Å². The lowest BCUT2D eigenvalue weighted by Crippen LogP contribution is -2.24. The van der Waals surface area contributed by atoms with E-state index in [1.165, 1.54) is 12.5 Å². The van der Waals surface area contributed by atoms with Gasteiger partial charge in [-0.25, -0.2) is 9.97 Å². The third-order valence-corrected chi connectivity index (χ3v) is 3.60. The van der Waals surface area contributed by atoms with Crippen molar-refractivity contribution in [1.82, 2.24) is 14.5 Å². The van der Waals surface area contributed by atoms with Gasteiger partial charge in [0.1, 0.15) is 30.1 Å². The molecular weight excluding hydrogens is 278 g/mol. The molecule has 0 aromatic carbocycles. The molecule has 3 rings (SSSR count). The Kier molecular flexibility index (Phi) is 3.24. The van der Waals surface area contributed by atoms with Crippen LogP contribution in [0.4, 0.5) is 5.82 Å². The van der Waals surface area contributed by atoms with Crippen LogP contribution in [0.1, 0.15) is 23.0 Å². The molecule has 0 radical (unpaired) electrons. The molecule has 0 unspecified atom stereocenters. The molecule has 3 heterocycles. The molecule has 3 atom stereocenters. The van der Waals surface area contributed by atoms with E-state index < -0.39 is 24.3 Å². The molecule has 6 N–H and O–H groups in total. The predicted octanol–water partition coefficient (Wildman–Crippen LogP) is -1.25. The Morgan fingerprint density at radius 3 is 2.90 bits per heavy atom. The van der Waals surface area contributed by atoms with Gasteiger partial charge in [-0.2, -0.15) is 0 Å². The number of anilines is 1. The fraction of sp³-hybridized carbons (Fsp3) is 0.417. The van der Waals surface area contributed by atoms with E-state index in [-0.39, 0.29) is 24.4 Å². The van der Waals surface area contributed by atoms with Crippen molar-refractivity contribution in [2.45, 2.75) is 24.9 Å². The Morgan fingerprint density at radius 2 is 2.29 bits per heavy atom. The van der Waals surface area contributed by atoms with Crippen LogP contribution in [-0.2, 0) is 4.74 Å². The molecule has 2 aromatic rings. The van der Waals surface area contributed by atoms with E-state index >= 15 is 0 Å². The Balaban J connectivity index is 2.12. The number of primary amides is 1. The maximum atomic E-state index is 11.5. The molecule has 9 heteroatoms. The highest BCUT2D eigenvalue weighted by molar-refractivity contribution is 6.08. The average Bonchev–Trinajstić information content (AvgIpc) is 3.00. The SMILES string of the molecule is NC(=O)c1cn([C@H]2C[C@@H](O)[C@H](CO)O2)c2ncnc(N)c12. The molecule has 9 nitrogen and oxygen atoms in total. The largest absolute Gasteiger partial charge is 0.394 e. The minimum Gasteiger partial charge on any atom is -0.394 e. The summed E-state index contributed by atoms with van der Waals surface area (Å²) in [6.07, 6.45) is 0.972. The Labute approximate surface area is 119 Å². The Hall–Kier alpha value is -2.23. The number of aliphatic hydroxyl groups is 2. The molecule has 21 heavy (non-hydrogen) atoms. The second kappa shape index (κ2) is 4.95. The standard InChI is InChI=1S/C12H15N5O4/c13-10-9-5(11(14)20)2-17(12(9)16-4-15-10)8-1-6(19)7(3-18)21-8/h2,4,6-8,18-19H,1,3H2,(H2,14,20)(H2,13,15,16)/t6-,7+,8-/m1/s1. The lowest BCUT2D eigenvalue weighted by atomic mass is 10.2. The van der Waals surface area contributed by atoms with Crippen molar-refractivity contribution < 1.29 is 19.7 Å². The zero-order chi connectivity index (χ0) is 15.1. The minimum atomic E-state index is -0.798. The van der Waals surface area contributed by atoms with E-state index in [9.17, 15) is 9.90 Å². The highest BCUT2D eigenvalue weighted by Gasteiger charge is 2.35. The minimum absolute atomic E-state index is 0.143. The molecule has 2 aromatic heterocycles. The van der Waals surface area contributed by atoms with Crippen LogP contribution in [0.5, 0.6) is 0 Å². The highest BCUT2D eigenvalue weighted by Crippen LogP contribution is 2.33. The second-order valence-corrected chi connectivity index (χ2v) is 4.89. The van der Waals surface area contributed by atoms with Crippen molar-refractivity contribution in [3.63, 3.8) is 0 Å². The van der Waals surface area contributed by atoms with Gasteiger partial charge >= 0.3 is 0 Å². The molecule has 0 spiro atoms. The van der Waals surface area contributed by atoms with Crippen molar-refractivity contribution >= 4 is 22.8 Å². The first-order valence-electron chi connectivity index (χ1n) is 6.38. The molecule has 1 saturated heterocycles. The number of nitrogens with two attached hydrogens (primary N) is 2. The van der Waals surface area contributed by atoms with Crippen LogP contribution in [0.3, 0.4) is 0 Å². The van der Waals surface area contributed by atoms with Gasteiger partial charge in [0.05, 0.1) is 23.7 Å². The van der Waals surface area contributed by atoms with Gasteiger partial charge in [0.25, 0.3) is 5.91 Å². The van der Waals surface area contributed by atoms with Gasteiger partial charge in [0.2, 0.25) is 0 Å². The smallest absolute Gasteiger partial charge is 0.251 e. The van der Waals surface area contributed by atoms with Gasteiger partial charge in [-0.1, -0.05) is 0 Å². The molecule has 112 valence electrons. The summed E-state index contributed by atoms with van der Waals surface area (Å²) < 4.78 is 7.14. The first-order valence-corrected chi connectivity index (χ1v) is 6.38. The van der Waals surface area contributed by atoms with E-state index in [1.807, 2.05) is 0 Å². The average molecular weight is 293 g/mol. The van der Waals surface area contributed by atoms with E-state index in [0.717, 1.165) is 0 Å². The number of hydrogen-bond donors (Lipinski definition) is 4. The fourth-order valence-electron chi connectivity index (χ4n) is 2.56. The number of nitrogen functional groups attached to an aromatic ring is 1. The third kappa shape index (κ3) is 2.11. The number of rotatable bonds is 3. The van der Waals surface area contributed by atoms with Crippen LogP contribution in [0.2, 0.25) is 0 Å². The molecule has 0 bridgehead atoms. The van der Waals surface area contributed by atoms with Crippen molar-refractivity contribution in [3.05, 3.63) is 18.1 Å². The number of aliphatic hydroxyl groups excluding tert-OH is 2. The molecule has 1 aliphatic heterocycles. The van der Waals surface area contributed by atoms with Crippen molar-refractivity contribution in [2.75, 3.05) is 12.3 Å². The molecule has 0 aliphatic carbocycles. The summed E-state index contributed by atoms with van der Waals surface area (Å²) >= 11 is 0. The second-order valence-electron chi connectivity index (χ2n) is 4.89. The Bertz CT molecular complexity index is 700. The predicted molar refractivity (Wildman–Crippen MR) is 72.1 cm³/mol. The number of carbonyl (C=O) groups is 1. The van der Waals surface area contributed by atoms with Gasteiger partial charge in [0.15, 0.2) is 0 Å². The first kappa shape index (κ1) is 13.7. The van der Waals surface area contributed by atoms with Crippen LogP contribution in [-0.4, -0.2) is 49.5 Å². The molecule has 0 saturated carbocycles. The van der Waals surface area contributed by atoms with Crippen LogP contribution in [0.25, 0.3) is 11.0 Å². The molecule has 1 amide bonds. The quantitative estimate of drug-likeness (QED) is 0.552. The number of carbonyl (C=O) groups excluding carboxylic acids is 1. The van der Waals surface area contributed by atoms with Crippen LogP contribution < -0.4 is 11.5 Å². The van der Waals surface area contributed by atoms with Gasteiger partial charge in [-0.3, -0.25) is 4.79 Å². The lowest BCUT2D eigenvalue weighted by Gasteiger charge is -2.14. The summed E-state index contributed by atoms with van der Waals surface area (Å²) in [4.78, 5) is 19.5. The van der Waals surface area contributed by atoms with Crippen LogP contribution in [0.15, 0.2) is 12.5 Å². The number of fused-ring (bicyclic) bond motifs is 1. The van der Waals surface area contributed by atoms with Crippen molar-refractivity contribution in [3.8, 4) is 0 Å². The van der Waals surface area contributed by atoms with Gasteiger partial charge in [-0.15, -0.1) is 0 Å². The molecular formula is C12H15N5O4. The number of amides is 1. The summed E-state index contributed by atoms with van der Waals surface area (Å²) in [6, 6.07) is 0. The number of nitrogens with zero attached hydrogens (tertiary/aromatic N) is 3. The monoisotopic (exact) mass is 293 g/mol. The highest BCUT2D eigenvalue weighted by atomic mass is 16.5. The summed E-state index contributed by atoms with van der Waals surface area (Å²) in [6.45, 7) is -0.295. The van der Waals surface area contributed by atoms with Crippen molar-refractivity contribution in [1.29, 1.82) is 0 Å². The van der Waals surface area contributed by atoms with Crippen molar-refractivity contribution in [2.24, 2.45) is 5.73 Å². The molecule has 1 fully saturated rings. The summed E-state index contributed by atoms with van der Waals surface area (Å²) in [5.41, 5.74) is 11.7. The summed E-state index contributed by atoms with van der Waals surface area (Å²) in [7, 11) is 0. The van der Waals surface area contributed by atoms with Gasteiger partial charge < -0.3 is 31.0 Å². The van der Waals surface area contributed by atoms with E-state index in [0.29, 0.717) is 11.0 Å². The zero-order valence-corrected chi connectivity index (χ0v) is 11.0. The number of ether oxygens (including phenoxy) is 1. The van der Waals surface area contributed by atoms with E-state index in [1.54, 1.807) is 4.57 Å². The van der Waals surface area contributed by atoms with Gasteiger partial charge in [-0.05, 0) is 0 Å². The fourth-order valence-corrected chi connectivity index (χ4v) is 2.56. The normalized spacial score (nSPS) is 25.5. The van der Waals surface area contributed by atoms with Crippen LogP contribution >= 0.6 is 0 Å². The summed E-state index contributed by atoms with van der Waals surface area (Å²) in [5.74, 6) is -0.512. The van der Waals surface area contributed by atoms with Gasteiger partial charge in [0, 0.05) is 12.6 Å². The zero-order valence-electron chi connectivity index (χ0n) is 11.0. The summed E-state index contributed by atoms with van der Waals surface area (Å²) in [5, 5.41) is 19.3. The van der Waals surface area contributed by atoms with E-state index in [4.69, 9.17) is 21.3 Å². The maximum absolute atomic E-state index is 11.5. The number of hydrogen-bond acceptors (Lipinski definition) is 7. The van der Waals surface area contributed by atoms with Crippen LogP contribution in [0, 0.1) is 0 Å². The maximum Gasteiger partial charge on any atom is 0.251 e. The first-order chi connectivity index (χ1) is 10.0. The topological polar surface area (TPSA) is 150 Å². The molecule has 1 aliphatic rings. The third-order valence-electron chi connectivity index (χ3n) is 3.60. The Morgan fingerprint density at radius 1 is 1.52 bits per heavy atom.